The minimum absolute atomic E-state index is 0.00772. The summed E-state index contributed by atoms with van der Waals surface area (Å²) in [6, 6.07) is 19.3. The first-order valence-corrected chi connectivity index (χ1v) is 46.9. The maximum atomic E-state index is 12.6. The van der Waals surface area contributed by atoms with Gasteiger partial charge in [0, 0.05) is 30.7 Å². The second-order valence-electron chi connectivity index (χ2n) is 22.0. The number of amides is 4. The summed E-state index contributed by atoms with van der Waals surface area (Å²) >= 11 is 0. The van der Waals surface area contributed by atoms with E-state index in [4.69, 9.17) is 4.43 Å². The van der Waals surface area contributed by atoms with E-state index in [0.29, 0.717) is 0 Å². The number of halogens is 3. The van der Waals surface area contributed by atoms with Crippen LogP contribution in [0.25, 0.3) is 0 Å². The molecule has 0 saturated heterocycles. The molecule has 65 heavy (non-hydrogen) atoms. The molecule has 1 aromatic heterocycles. The van der Waals surface area contributed by atoms with Gasteiger partial charge < -0.3 is 32.4 Å². The quantitative estimate of drug-likeness (QED) is 0.0790. The lowest BCUT2D eigenvalue weighted by Gasteiger charge is -2.34. The first-order valence-electron chi connectivity index (χ1n) is 21.3. The number of aromatic nitrogens is 2. The zero-order chi connectivity index (χ0) is 51.7. The van der Waals surface area contributed by atoms with Crippen LogP contribution in [0.15, 0.2) is 84.0 Å². The molecule has 0 saturated carbocycles. The fraction of sp³-hybridized carbons (Fsp3) is 0.561. The lowest BCUT2D eigenvalue weighted by Crippen LogP contribution is -2.56. The van der Waals surface area contributed by atoms with Crippen molar-refractivity contribution in [2.75, 3.05) is 9.88 Å². The van der Waals surface area contributed by atoms with E-state index in [0.717, 1.165) is 17.3 Å². The van der Waals surface area contributed by atoms with Crippen molar-refractivity contribution in [2.45, 2.75) is 150 Å². The molecule has 0 bridgehead atoms. The Hall–Kier alpha value is -3.12. The highest BCUT2D eigenvalue weighted by molar-refractivity contribution is 7.88. The third-order valence-electron chi connectivity index (χ3n) is 6.76. The maximum Gasteiger partial charge on any atom is 0.522 e. The van der Waals surface area contributed by atoms with E-state index in [-0.39, 0.29) is 12.1 Å². The van der Waals surface area contributed by atoms with Crippen LogP contribution in [0.3, 0.4) is 0 Å². The second-order valence-corrected chi connectivity index (χ2v) is 56.4. The molecule has 0 aliphatic rings. The van der Waals surface area contributed by atoms with Gasteiger partial charge in [0.15, 0.2) is 30.6 Å². The second kappa shape index (κ2) is 25.9. The van der Waals surface area contributed by atoms with Crippen LogP contribution in [-0.4, -0.2) is 98.9 Å². The molecule has 0 radical (unpaired) electrons. The van der Waals surface area contributed by atoms with Gasteiger partial charge in [0.2, 0.25) is 16.6 Å². The summed E-state index contributed by atoms with van der Waals surface area (Å²) in [5.41, 5.74) is -3.55. The lowest BCUT2D eigenvalue weighted by molar-refractivity contribution is -0.0503. The van der Waals surface area contributed by atoms with Crippen LogP contribution in [0.5, 0.6) is 0 Å². The number of carbonyl (C=O) groups excluding carboxylic acids is 2. The lowest BCUT2D eigenvalue weighted by atomic mass is 10.3. The van der Waals surface area contributed by atoms with Gasteiger partial charge in [-0.15, -0.1) is 0 Å². The number of imidazole rings is 1. The molecular formula is C41H82F3N7O6SSi7. The van der Waals surface area contributed by atoms with Crippen LogP contribution in [-0.2, 0) is 18.4 Å². The number of benzene rings is 2. The molecule has 3 rings (SSSR count). The Morgan fingerprint density at radius 2 is 1.12 bits per heavy atom. The molecule has 13 nitrogen and oxygen atoms in total. The fourth-order valence-electron chi connectivity index (χ4n) is 4.77. The molecule has 2 aromatic carbocycles. The normalized spacial score (nSPS) is 12.8. The summed E-state index contributed by atoms with van der Waals surface area (Å²) in [6.07, 6.45) is 5.76. The number of hydrogen-bond donors (Lipinski definition) is 3. The number of alkyl halides is 3. The Labute approximate surface area is 397 Å². The highest BCUT2D eigenvalue weighted by Gasteiger charge is 2.49. The number of hydrogen-bond acceptors (Lipinski definition) is 8. The van der Waals surface area contributed by atoms with Gasteiger partial charge in [-0.2, -0.15) is 21.6 Å². The van der Waals surface area contributed by atoms with Crippen LogP contribution in [0.2, 0.25) is 137 Å². The number of nitrogens with one attached hydrogen (secondary N) is 3. The van der Waals surface area contributed by atoms with Crippen molar-refractivity contribution in [3.8, 4) is 0 Å². The van der Waals surface area contributed by atoms with Crippen LogP contribution in [0, 0.1) is 0 Å². The Morgan fingerprint density at radius 1 is 0.692 bits per heavy atom. The van der Waals surface area contributed by atoms with E-state index in [1.54, 1.807) is 0 Å². The van der Waals surface area contributed by atoms with Gasteiger partial charge in [-0.25, -0.2) is 9.78 Å². The van der Waals surface area contributed by atoms with E-state index in [1.165, 1.54) is 19.6 Å². The number of carbonyl (C=O) groups is 2. The molecule has 3 N–H and O–H groups in total. The van der Waals surface area contributed by atoms with Crippen molar-refractivity contribution in [1.29, 1.82) is 0 Å². The van der Waals surface area contributed by atoms with Gasteiger partial charge in [-0.05, 0) is 83.2 Å². The van der Waals surface area contributed by atoms with E-state index < -0.39 is 73.4 Å². The number of rotatable bonds is 10. The van der Waals surface area contributed by atoms with Crippen LogP contribution >= 0.6 is 0 Å². The zero-order valence-electron chi connectivity index (χ0n) is 43.3. The van der Waals surface area contributed by atoms with Crippen molar-refractivity contribution < 1.29 is 39.5 Å². The van der Waals surface area contributed by atoms with E-state index in [1.807, 2.05) is 90.9 Å². The summed E-state index contributed by atoms with van der Waals surface area (Å²) in [5.74, 6) is 0.883. The monoisotopic (exact) mass is 1050 g/mol. The van der Waals surface area contributed by atoms with E-state index >= 15 is 0 Å². The number of nitrogens with zero attached hydrogens (tertiary/aromatic N) is 4. The largest absolute Gasteiger partial charge is 0.535 e. The molecule has 0 spiro atoms. The first-order chi connectivity index (χ1) is 28.7. The van der Waals surface area contributed by atoms with E-state index in [9.17, 15) is 31.2 Å². The Morgan fingerprint density at radius 3 is 1.40 bits per heavy atom. The van der Waals surface area contributed by atoms with Gasteiger partial charge >= 0.3 is 21.7 Å². The molecule has 0 aliphatic carbocycles. The minimum Gasteiger partial charge on any atom is -0.535 e. The van der Waals surface area contributed by atoms with Gasteiger partial charge in [-0.3, -0.25) is 9.45 Å². The molecular weight excluding hydrogens is 972 g/mol. The first kappa shape index (κ1) is 64.0. The Kier molecular flexibility index (Phi) is 25.4. The van der Waals surface area contributed by atoms with Gasteiger partial charge in [0.25, 0.3) is 6.03 Å². The Bertz CT molecular complexity index is 1970. The molecule has 3 aromatic rings. The SMILES string of the molecule is CC(=N[Si](C)(C)C)O[Si](C)(C)C.C[Si](C)(C)N(C(=O)Nc1ccccc1)c1ccccc1.C[Si](C)(C)NC(=O)N[Si](C)(C)C.C[Si](C)(C)OS(=O)(=O)C(F)(F)F.C[Si](C)(C)n1ccnc1. The van der Waals surface area contributed by atoms with Gasteiger partial charge in [0.05, 0.1) is 6.33 Å². The smallest absolute Gasteiger partial charge is 0.522 e. The summed E-state index contributed by atoms with van der Waals surface area (Å²) in [5, 5.41) is 2.97. The topological polar surface area (TPSA) is 156 Å². The molecule has 372 valence electrons. The minimum atomic E-state index is -5.39. The molecule has 0 fully saturated rings. The van der Waals surface area contributed by atoms with Gasteiger partial charge in [-0.1, -0.05) is 115 Å². The maximum absolute atomic E-state index is 12.6. The highest BCUT2D eigenvalue weighted by atomic mass is 32.2. The molecule has 0 atom stereocenters. The molecule has 0 aliphatic heterocycles. The van der Waals surface area contributed by atoms with Crippen LogP contribution in [0.4, 0.5) is 34.1 Å². The molecule has 24 heteroatoms. The molecule has 0 unspecified atom stereocenters. The average molecular weight is 1050 g/mol. The van der Waals surface area contributed by atoms with Crippen molar-refractivity contribution in [3.05, 3.63) is 79.4 Å². The summed E-state index contributed by atoms with van der Waals surface area (Å²) in [4.78, 5) is 33.9. The Balaban J connectivity index is 0. The summed E-state index contributed by atoms with van der Waals surface area (Å²) < 4.78 is 74.1. The fourth-order valence-corrected chi connectivity index (χ4v) is 13.9. The van der Waals surface area contributed by atoms with Crippen molar-refractivity contribution >= 4 is 97.3 Å². The average Bonchev–Trinajstić information content (AvgIpc) is 3.58. The van der Waals surface area contributed by atoms with Crippen molar-refractivity contribution in [2.24, 2.45) is 4.66 Å². The highest BCUT2D eigenvalue weighted by Crippen LogP contribution is 2.27. The third kappa shape index (κ3) is 33.9. The third-order valence-corrected chi connectivity index (χ3v) is 17.7. The zero-order valence-corrected chi connectivity index (χ0v) is 51.1. The molecule has 1 heterocycles. The van der Waals surface area contributed by atoms with Crippen LogP contribution in [0.1, 0.15) is 6.92 Å². The molecule has 4 amide bonds. The number of urea groups is 2. The van der Waals surface area contributed by atoms with Crippen molar-refractivity contribution in [3.63, 3.8) is 0 Å². The number of anilines is 2. The summed E-state index contributed by atoms with van der Waals surface area (Å²) in [6.45, 7) is 45.2. The van der Waals surface area contributed by atoms with Crippen molar-refractivity contribution in [1.82, 2.24) is 19.2 Å². The number of para-hydroxylation sites is 2. The summed E-state index contributed by atoms with van der Waals surface area (Å²) in [7, 11) is -16.7. The van der Waals surface area contributed by atoms with Crippen LogP contribution < -0.4 is 19.8 Å². The predicted molar refractivity (Wildman–Crippen MR) is 287 cm³/mol. The predicted octanol–water partition coefficient (Wildman–Crippen LogP) is 12.9. The van der Waals surface area contributed by atoms with Gasteiger partial charge in [0.1, 0.15) is 16.5 Å². The standard InChI is InChI=1S/C16H20N2OSi.C8H21NOSi2.C7H20N2OSi2.C6H12N2Si.C4H9F3O3SSi/c1-20(2,3)18(15-12-8-5-9-13-15)16(19)17-14-10-6-4-7-11-14;1-8(9-11(2,3)4)10-12(5,6)7;1-11(2,3)8-7(10)9-12(4,5)6;1-9(2,3)8-5-4-7-6-8;1-12(2,3)10-11(8,9)4(5,6)7/h4-13H,1-3H3,(H,17,19);1-7H3;1-6H3,(H2,8,9,10);4-6H,1-3H3;1-3H3. The van der Waals surface area contributed by atoms with E-state index in [2.05, 4.69) is 151 Å².